The SMILES string of the molecule is Cc1nn(C)c(C)c1C(C)c1nc(-c2ccsc2)no1. The van der Waals surface area contributed by atoms with Crippen LogP contribution in [0.2, 0.25) is 0 Å². The zero-order chi connectivity index (χ0) is 14.3. The maximum atomic E-state index is 5.43. The third-order valence-electron chi connectivity index (χ3n) is 3.59. The molecule has 1 unspecified atom stereocenters. The fourth-order valence-corrected chi connectivity index (χ4v) is 3.09. The minimum atomic E-state index is 0.0450. The standard InChI is InChI=1S/C14H16N4OS/c1-8(12-9(2)16-18(4)10(12)3)14-15-13(17-19-14)11-5-6-20-7-11/h5-8H,1-4H3. The van der Waals surface area contributed by atoms with E-state index < -0.39 is 0 Å². The van der Waals surface area contributed by atoms with Crippen LogP contribution >= 0.6 is 11.3 Å². The normalized spacial score (nSPS) is 12.8. The Morgan fingerprint density at radius 1 is 1.35 bits per heavy atom. The van der Waals surface area contributed by atoms with Gasteiger partial charge in [-0.2, -0.15) is 21.4 Å². The second-order valence-corrected chi connectivity index (χ2v) is 5.68. The van der Waals surface area contributed by atoms with Crippen LogP contribution in [-0.4, -0.2) is 19.9 Å². The van der Waals surface area contributed by atoms with E-state index in [4.69, 9.17) is 4.52 Å². The Morgan fingerprint density at radius 3 is 2.75 bits per heavy atom. The average Bonchev–Trinajstić information content (AvgIpc) is 3.12. The number of aromatic nitrogens is 4. The summed E-state index contributed by atoms with van der Waals surface area (Å²) < 4.78 is 7.32. The molecule has 6 heteroatoms. The lowest BCUT2D eigenvalue weighted by Gasteiger charge is -2.07. The maximum absolute atomic E-state index is 5.43. The van der Waals surface area contributed by atoms with Crippen molar-refractivity contribution in [1.29, 1.82) is 0 Å². The van der Waals surface area contributed by atoms with Gasteiger partial charge in [0.05, 0.1) is 11.6 Å². The van der Waals surface area contributed by atoms with Gasteiger partial charge in [0.2, 0.25) is 11.7 Å². The van der Waals surface area contributed by atoms with Crippen molar-refractivity contribution >= 4 is 11.3 Å². The highest BCUT2D eigenvalue weighted by molar-refractivity contribution is 7.08. The molecule has 0 saturated carbocycles. The monoisotopic (exact) mass is 288 g/mol. The van der Waals surface area contributed by atoms with Crippen molar-refractivity contribution in [3.63, 3.8) is 0 Å². The second-order valence-electron chi connectivity index (χ2n) is 4.90. The summed E-state index contributed by atoms with van der Waals surface area (Å²) in [4.78, 5) is 4.51. The molecular weight excluding hydrogens is 272 g/mol. The van der Waals surface area contributed by atoms with Gasteiger partial charge in [-0.3, -0.25) is 4.68 Å². The molecule has 0 bridgehead atoms. The highest BCUT2D eigenvalue weighted by Crippen LogP contribution is 2.29. The summed E-state index contributed by atoms with van der Waals surface area (Å²) in [5, 5.41) is 12.5. The molecule has 0 aliphatic carbocycles. The number of hydrogen-bond acceptors (Lipinski definition) is 5. The van der Waals surface area contributed by atoms with Gasteiger partial charge in [-0.15, -0.1) is 0 Å². The summed E-state index contributed by atoms with van der Waals surface area (Å²) in [6, 6.07) is 1.99. The van der Waals surface area contributed by atoms with Crippen molar-refractivity contribution in [2.75, 3.05) is 0 Å². The van der Waals surface area contributed by atoms with Crippen LogP contribution < -0.4 is 0 Å². The van der Waals surface area contributed by atoms with Crippen LogP contribution in [0.4, 0.5) is 0 Å². The zero-order valence-electron chi connectivity index (χ0n) is 11.9. The molecule has 3 aromatic heterocycles. The third-order valence-corrected chi connectivity index (χ3v) is 4.27. The van der Waals surface area contributed by atoms with Crippen molar-refractivity contribution in [1.82, 2.24) is 19.9 Å². The summed E-state index contributed by atoms with van der Waals surface area (Å²) in [5.74, 6) is 1.32. The van der Waals surface area contributed by atoms with Crippen LogP contribution in [0.1, 0.15) is 35.7 Å². The first-order valence-electron chi connectivity index (χ1n) is 6.44. The summed E-state index contributed by atoms with van der Waals surface area (Å²) in [6.45, 7) is 6.14. The number of hydrogen-bond donors (Lipinski definition) is 0. The first-order chi connectivity index (χ1) is 9.58. The minimum Gasteiger partial charge on any atom is -0.338 e. The van der Waals surface area contributed by atoms with Crippen molar-refractivity contribution in [2.24, 2.45) is 7.05 Å². The average molecular weight is 288 g/mol. The quantitative estimate of drug-likeness (QED) is 0.742. The second kappa shape index (κ2) is 4.86. The van der Waals surface area contributed by atoms with E-state index in [9.17, 15) is 0 Å². The van der Waals surface area contributed by atoms with Crippen molar-refractivity contribution in [2.45, 2.75) is 26.7 Å². The van der Waals surface area contributed by atoms with Crippen LogP contribution in [0.5, 0.6) is 0 Å². The molecule has 3 aromatic rings. The molecule has 0 aliphatic heterocycles. The third kappa shape index (κ3) is 2.06. The summed E-state index contributed by atoms with van der Waals surface area (Å²) >= 11 is 1.62. The van der Waals surface area contributed by atoms with Gasteiger partial charge in [-0.05, 0) is 32.2 Å². The van der Waals surface area contributed by atoms with Gasteiger partial charge >= 0.3 is 0 Å². The fourth-order valence-electron chi connectivity index (χ4n) is 2.46. The molecular formula is C14H16N4OS. The Hall–Kier alpha value is -1.95. The summed E-state index contributed by atoms with van der Waals surface area (Å²) in [7, 11) is 1.95. The summed E-state index contributed by atoms with van der Waals surface area (Å²) in [6.07, 6.45) is 0. The topological polar surface area (TPSA) is 56.7 Å². The Labute approximate surface area is 121 Å². The number of thiophene rings is 1. The molecule has 5 nitrogen and oxygen atoms in total. The van der Waals surface area contributed by atoms with Gasteiger partial charge in [0, 0.05) is 29.2 Å². The van der Waals surface area contributed by atoms with E-state index in [-0.39, 0.29) is 5.92 Å². The van der Waals surface area contributed by atoms with E-state index in [1.165, 1.54) is 0 Å². The van der Waals surface area contributed by atoms with E-state index in [1.54, 1.807) is 11.3 Å². The van der Waals surface area contributed by atoms with Gasteiger partial charge in [-0.1, -0.05) is 5.16 Å². The Bertz CT molecular complexity index is 727. The molecule has 104 valence electrons. The van der Waals surface area contributed by atoms with Gasteiger partial charge in [0.1, 0.15) is 0 Å². The van der Waals surface area contributed by atoms with E-state index in [2.05, 4.69) is 29.1 Å². The molecule has 0 radical (unpaired) electrons. The molecule has 3 rings (SSSR count). The first kappa shape index (κ1) is 13.1. The molecule has 0 N–H and O–H groups in total. The number of nitrogens with zero attached hydrogens (tertiary/aromatic N) is 4. The maximum Gasteiger partial charge on any atom is 0.234 e. The number of aryl methyl sites for hydroxylation is 2. The van der Waals surface area contributed by atoms with E-state index in [0.29, 0.717) is 11.7 Å². The first-order valence-corrected chi connectivity index (χ1v) is 7.38. The molecule has 0 saturated heterocycles. The molecule has 0 spiro atoms. The lowest BCUT2D eigenvalue weighted by atomic mass is 9.99. The van der Waals surface area contributed by atoms with Crippen LogP contribution in [0.3, 0.4) is 0 Å². The van der Waals surface area contributed by atoms with Gasteiger partial charge in [-0.25, -0.2) is 0 Å². The van der Waals surface area contributed by atoms with Crippen LogP contribution in [0.25, 0.3) is 11.4 Å². The summed E-state index contributed by atoms with van der Waals surface area (Å²) in [5.41, 5.74) is 4.29. The van der Waals surface area contributed by atoms with Crippen molar-refractivity contribution < 1.29 is 4.52 Å². The Morgan fingerprint density at radius 2 is 2.15 bits per heavy atom. The van der Waals surface area contributed by atoms with Gasteiger partial charge in [0.25, 0.3) is 0 Å². The predicted molar refractivity (Wildman–Crippen MR) is 77.8 cm³/mol. The van der Waals surface area contributed by atoms with Crippen molar-refractivity contribution in [3.8, 4) is 11.4 Å². The van der Waals surface area contributed by atoms with Gasteiger partial charge < -0.3 is 4.52 Å². The molecule has 1 atom stereocenters. The van der Waals surface area contributed by atoms with Gasteiger partial charge in [0.15, 0.2) is 0 Å². The molecule has 0 amide bonds. The Kier molecular flexibility index (Phi) is 3.17. The zero-order valence-corrected chi connectivity index (χ0v) is 12.7. The van der Waals surface area contributed by atoms with Crippen LogP contribution in [0, 0.1) is 13.8 Å². The predicted octanol–water partition coefficient (Wildman–Crippen LogP) is 3.30. The van der Waals surface area contributed by atoms with E-state index in [0.717, 1.165) is 22.5 Å². The van der Waals surface area contributed by atoms with E-state index in [1.807, 2.05) is 35.5 Å². The highest BCUT2D eigenvalue weighted by Gasteiger charge is 2.23. The van der Waals surface area contributed by atoms with Crippen LogP contribution in [-0.2, 0) is 7.05 Å². The molecule has 0 aliphatic rings. The minimum absolute atomic E-state index is 0.0450. The molecule has 0 fully saturated rings. The molecule has 20 heavy (non-hydrogen) atoms. The van der Waals surface area contributed by atoms with Crippen molar-refractivity contribution in [3.05, 3.63) is 39.7 Å². The smallest absolute Gasteiger partial charge is 0.234 e. The lowest BCUT2D eigenvalue weighted by Crippen LogP contribution is -2.00. The molecule has 3 heterocycles. The number of rotatable bonds is 3. The highest BCUT2D eigenvalue weighted by atomic mass is 32.1. The molecule has 0 aromatic carbocycles. The largest absolute Gasteiger partial charge is 0.338 e. The van der Waals surface area contributed by atoms with Crippen LogP contribution in [0.15, 0.2) is 21.3 Å². The Balaban J connectivity index is 1.97. The van der Waals surface area contributed by atoms with E-state index >= 15 is 0 Å². The lowest BCUT2D eigenvalue weighted by molar-refractivity contribution is 0.370. The fraction of sp³-hybridized carbons (Fsp3) is 0.357.